The first-order chi connectivity index (χ1) is 9.69. The molecule has 5 nitrogen and oxygen atoms in total. The first kappa shape index (κ1) is 15.1. The summed E-state index contributed by atoms with van der Waals surface area (Å²) in [7, 11) is 1.83. The standard InChI is InChI=1S/C15H28N4O/c1-12-7-10-19(11-8-12)15(16-2)17-9-3-4-14(20)18-13-5-6-13/h12-13H,3-11H2,1-2H3,(H,16,17)(H,18,20). The minimum Gasteiger partial charge on any atom is -0.356 e. The third-order valence-corrected chi connectivity index (χ3v) is 4.10. The molecule has 1 heterocycles. The van der Waals surface area contributed by atoms with Crippen LogP contribution < -0.4 is 10.6 Å². The second-order valence-corrected chi connectivity index (χ2v) is 6.09. The molecule has 0 atom stereocenters. The van der Waals surface area contributed by atoms with E-state index in [9.17, 15) is 4.79 Å². The topological polar surface area (TPSA) is 56.7 Å². The predicted octanol–water partition coefficient (Wildman–Crippen LogP) is 1.35. The number of carbonyl (C=O) groups excluding carboxylic acids is 1. The highest BCUT2D eigenvalue weighted by atomic mass is 16.1. The highest BCUT2D eigenvalue weighted by Gasteiger charge is 2.23. The Morgan fingerprint density at radius 1 is 1.25 bits per heavy atom. The fraction of sp³-hybridized carbons (Fsp3) is 0.867. The number of piperidine rings is 1. The first-order valence-electron chi connectivity index (χ1n) is 7.94. The molecule has 2 N–H and O–H groups in total. The molecule has 2 aliphatic rings. The van der Waals surface area contributed by atoms with Gasteiger partial charge in [-0.25, -0.2) is 0 Å². The van der Waals surface area contributed by atoms with Gasteiger partial charge < -0.3 is 15.5 Å². The fourth-order valence-electron chi connectivity index (χ4n) is 2.53. The van der Waals surface area contributed by atoms with Gasteiger partial charge in [0.2, 0.25) is 5.91 Å². The molecule has 1 saturated heterocycles. The van der Waals surface area contributed by atoms with Gasteiger partial charge >= 0.3 is 0 Å². The third-order valence-electron chi connectivity index (χ3n) is 4.10. The lowest BCUT2D eigenvalue weighted by Gasteiger charge is -2.32. The maximum atomic E-state index is 11.6. The molecule has 0 radical (unpaired) electrons. The van der Waals surface area contributed by atoms with Crippen LogP contribution in [0.15, 0.2) is 4.99 Å². The summed E-state index contributed by atoms with van der Waals surface area (Å²) >= 11 is 0. The highest BCUT2D eigenvalue weighted by molar-refractivity contribution is 5.80. The molecule has 0 aromatic carbocycles. The summed E-state index contributed by atoms with van der Waals surface area (Å²) < 4.78 is 0. The number of amides is 1. The van der Waals surface area contributed by atoms with Gasteiger partial charge in [-0.05, 0) is 38.0 Å². The number of aliphatic imine (C=N–C) groups is 1. The molecule has 114 valence electrons. The average molecular weight is 280 g/mol. The summed E-state index contributed by atoms with van der Waals surface area (Å²) in [5.41, 5.74) is 0. The summed E-state index contributed by atoms with van der Waals surface area (Å²) in [5, 5.41) is 6.39. The van der Waals surface area contributed by atoms with E-state index in [0.717, 1.165) is 50.8 Å². The van der Waals surface area contributed by atoms with E-state index in [0.29, 0.717) is 12.5 Å². The van der Waals surface area contributed by atoms with Crippen LogP contribution in [0.5, 0.6) is 0 Å². The van der Waals surface area contributed by atoms with Crippen LogP contribution in [0.4, 0.5) is 0 Å². The zero-order chi connectivity index (χ0) is 14.4. The largest absolute Gasteiger partial charge is 0.356 e. The summed E-state index contributed by atoms with van der Waals surface area (Å²) in [4.78, 5) is 18.2. The van der Waals surface area contributed by atoms with Crippen molar-refractivity contribution in [3.63, 3.8) is 0 Å². The van der Waals surface area contributed by atoms with Crippen LogP contribution in [0, 0.1) is 5.92 Å². The van der Waals surface area contributed by atoms with E-state index in [1.54, 1.807) is 0 Å². The van der Waals surface area contributed by atoms with Gasteiger partial charge in [0, 0.05) is 39.1 Å². The Morgan fingerprint density at radius 2 is 1.95 bits per heavy atom. The number of hydrogen-bond acceptors (Lipinski definition) is 2. The molecule has 0 spiro atoms. The molecule has 1 aliphatic heterocycles. The zero-order valence-electron chi connectivity index (χ0n) is 12.8. The van der Waals surface area contributed by atoms with Gasteiger partial charge in [-0.3, -0.25) is 9.79 Å². The molecule has 1 saturated carbocycles. The van der Waals surface area contributed by atoms with Crippen molar-refractivity contribution in [2.75, 3.05) is 26.7 Å². The molecule has 0 unspecified atom stereocenters. The van der Waals surface area contributed by atoms with Crippen molar-refractivity contribution in [2.45, 2.75) is 51.5 Å². The lowest BCUT2D eigenvalue weighted by atomic mass is 10.00. The smallest absolute Gasteiger partial charge is 0.220 e. The van der Waals surface area contributed by atoms with Crippen LogP contribution in [0.1, 0.15) is 45.4 Å². The van der Waals surface area contributed by atoms with Gasteiger partial charge in [0.15, 0.2) is 5.96 Å². The van der Waals surface area contributed by atoms with Crippen LogP contribution in [0.3, 0.4) is 0 Å². The molecule has 0 aromatic rings. The van der Waals surface area contributed by atoms with Crippen molar-refractivity contribution < 1.29 is 4.79 Å². The van der Waals surface area contributed by atoms with E-state index >= 15 is 0 Å². The van der Waals surface area contributed by atoms with Crippen molar-refractivity contribution in [1.82, 2.24) is 15.5 Å². The molecule has 1 amide bonds. The summed E-state index contributed by atoms with van der Waals surface area (Å²) in [6.07, 6.45) is 6.27. The third kappa shape index (κ3) is 5.02. The van der Waals surface area contributed by atoms with E-state index < -0.39 is 0 Å². The zero-order valence-corrected chi connectivity index (χ0v) is 12.8. The summed E-state index contributed by atoms with van der Waals surface area (Å²) in [5.74, 6) is 2.01. The highest BCUT2D eigenvalue weighted by Crippen LogP contribution is 2.18. The Kier molecular flexibility index (Phi) is 5.68. The molecule has 5 heteroatoms. The Bertz CT molecular complexity index is 344. The van der Waals surface area contributed by atoms with Gasteiger partial charge in [-0.1, -0.05) is 6.92 Å². The van der Waals surface area contributed by atoms with Gasteiger partial charge in [0.05, 0.1) is 0 Å². The molecule has 20 heavy (non-hydrogen) atoms. The van der Waals surface area contributed by atoms with Crippen molar-refractivity contribution in [3.8, 4) is 0 Å². The molecule has 1 aliphatic carbocycles. The maximum Gasteiger partial charge on any atom is 0.220 e. The Balaban J connectivity index is 1.60. The second-order valence-electron chi connectivity index (χ2n) is 6.09. The quantitative estimate of drug-likeness (QED) is 0.454. The van der Waals surface area contributed by atoms with Crippen molar-refractivity contribution in [1.29, 1.82) is 0 Å². The second kappa shape index (κ2) is 7.50. The number of rotatable bonds is 5. The molecular formula is C15H28N4O. The van der Waals surface area contributed by atoms with Crippen LogP contribution in [0.2, 0.25) is 0 Å². The minimum atomic E-state index is 0.191. The molecule has 0 aromatic heterocycles. The van der Waals surface area contributed by atoms with Crippen molar-refractivity contribution >= 4 is 11.9 Å². The van der Waals surface area contributed by atoms with Gasteiger partial charge in [-0.2, -0.15) is 0 Å². The Morgan fingerprint density at radius 3 is 2.55 bits per heavy atom. The molecule has 2 fully saturated rings. The minimum absolute atomic E-state index is 0.191. The van der Waals surface area contributed by atoms with Crippen LogP contribution in [0.25, 0.3) is 0 Å². The van der Waals surface area contributed by atoms with Gasteiger partial charge in [-0.15, -0.1) is 0 Å². The normalized spacial score (nSPS) is 20.9. The number of likely N-dealkylation sites (tertiary alicyclic amines) is 1. The number of carbonyl (C=O) groups is 1. The average Bonchev–Trinajstić information content (AvgIpc) is 3.24. The SMILES string of the molecule is CN=C(NCCCC(=O)NC1CC1)N1CCC(C)CC1. The first-order valence-corrected chi connectivity index (χ1v) is 7.94. The lowest BCUT2D eigenvalue weighted by molar-refractivity contribution is -0.121. The molecule has 0 bridgehead atoms. The number of nitrogens with one attached hydrogen (secondary N) is 2. The Labute approximate surface area is 122 Å². The van der Waals surface area contributed by atoms with Gasteiger partial charge in [0.25, 0.3) is 0 Å². The lowest BCUT2D eigenvalue weighted by Crippen LogP contribution is -2.45. The van der Waals surface area contributed by atoms with E-state index in [4.69, 9.17) is 0 Å². The van der Waals surface area contributed by atoms with Crippen molar-refractivity contribution in [2.24, 2.45) is 10.9 Å². The summed E-state index contributed by atoms with van der Waals surface area (Å²) in [6.45, 7) is 5.30. The molecular weight excluding hydrogens is 252 g/mol. The van der Waals surface area contributed by atoms with Crippen LogP contribution >= 0.6 is 0 Å². The predicted molar refractivity (Wildman–Crippen MR) is 81.7 cm³/mol. The van der Waals surface area contributed by atoms with Crippen LogP contribution in [-0.4, -0.2) is 49.5 Å². The number of nitrogens with zero attached hydrogens (tertiary/aromatic N) is 2. The van der Waals surface area contributed by atoms with Gasteiger partial charge in [0.1, 0.15) is 0 Å². The monoisotopic (exact) mass is 280 g/mol. The van der Waals surface area contributed by atoms with E-state index in [1.807, 2.05) is 7.05 Å². The number of hydrogen-bond donors (Lipinski definition) is 2. The van der Waals surface area contributed by atoms with Crippen molar-refractivity contribution in [3.05, 3.63) is 0 Å². The van der Waals surface area contributed by atoms with E-state index in [-0.39, 0.29) is 5.91 Å². The summed E-state index contributed by atoms with van der Waals surface area (Å²) in [6, 6.07) is 0.471. The van der Waals surface area contributed by atoms with Crippen LogP contribution in [-0.2, 0) is 4.79 Å². The van der Waals surface area contributed by atoms with E-state index in [1.165, 1.54) is 12.8 Å². The fourth-order valence-corrected chi connectivity index (χ4v) is 2.53. The maximum absolute atomic E-state index is 11.6. The molecule has 2 rings (SSSR count). The Hall–Kier alpha value is -1.26. The van der Waals surface area contributed by atoms with E-state index in [2.05, 4.69) is 27.4 Å². The number of guanidine groups is 1.